The number of thiazole rings is 1. The summed E-state index contributed by atoms with van der Waals surface area (Å²) < 4.78 is 24.5. The topological polar surface area (TPSA) is 71.3 Å². The summed E-state index contributed by atoms with van der Waals surface area (Å²) in [4.78, 5) is 19.8. The van der Waals surface area contributed by atoms with Crippen molar-refractivity contribution in [2.24, 2.45) is 4.99 Å². The molecule has 1 aliphatic heterocycles. The quantitative estimate of drug-likeness (QED) is 0.364. The van der Waals surface area contributed by atoms with Gasteiger partial charge < -0.3 is 18.9 Å². The highest BCUT2D eigenvalue weighted by Gasteiger charge is 2.33. The van der Waals surface area contributed by atoms with E-state index in [1.54, 1.807) is 28.4 Å². The monoisotopic (exact) mass is 540 g/mol. The maximum Gasteiger partial charge on any atom is 0.271 e. The van der Waals surface area contributed by atoms with E-state index in [-0.39, 0.29) is 11.6 Å². The van der Waals surface area contributed by atoms with E-state index < -0.39 is 0 Å². The number of aryl methyl sites for hydroxylation is 1. The lowest BCUT2D eigenvalue weighted by Crippen LogP contribution is -2.38. The zero-order chi connectivity index (χ0) is 27.1. The number of benzene rings is 3. The molecule has 0 unspecified atom stereocenters. The zero-order valence-corrected chi connectivity index (χ0v) is 23.0. The second-order valence-electron chi connectivity index (χ2n) is 9.34. The largest absolute Gasteiger partial charge is 0.497 e. The van der Waals surface area contributed by atoms with Crippen LogP contribution in [0.1, 0.15) is 34.7 Å². The van der Waals surface area contributed by atoms with Crippen LogP contribution in [0.4, 0.5) is 0 Å². The summed E-state index contributed by atoms with van der Waals surface area (Å²) in [7, 11) is 6.47. The second kappa shape index (κ2) is 10.1. The molecule has 1 aromatic heterocycles. The van der Waals surface area contributed by atoms with Gasteiger partial charge in [0.2, 0.25) is 0 Å². The van der Waals surface area contributed by atoms with Gasteiger partial charge in [-0.25, -0.2) is 4.99 Å². The maximum absolute atomic E-state index is 14.1. The highest BCUT2D eigenvalue weighted by Crippen LogP contribution is 2.42. The summed E-state index contributed by atoms with van der Waals surface area (Å²) in [5.74, 6) is 2.60. The SMILES string of the molecule is COc1ccc(OC)c(/C=c2/sc3n(c2=O)[C@H](c2ccc(OC)c(OC)c2)C2=C(N=3)c3ccccc3CC2)c1. The fourth-order valence-corrected chi connectivity index (χ4v) is 6.43. The van der Waals surface area contributed by atoms with Crippen LogP contribution in [0.3, 0.4) is 0 Å². The molecule has 0 radical (unpaired) electrons. The van der Waals surface area contributed by atoms with Crippen molar-refractivity contribution in [2.75, 3.05) is 28.4 Å². The predicted molar refractivity (Wildman–Crippen MR) is 152 cm³/mol. The average molecular weight is 541 g/mol. The van der Waals surface area contributed by atoms with E-state index in [4.69, 9.17) is 23.9 Å². The number of hydrogen-bond acceptors (Lipinski definition) is 7. The minimum atomic E-state index is -0.321. The molecule has 6 rings (SSSR count). The smallest absolute Gasteiger partial charge is 0.271 e. The first-order valence-electron chi connectivity index (χ1n) is 12.6. The van der Waals surface area contributed by atoms with Crippen molar-refractivity contribution < 1.29 is 18.9 Å². The van der Waals surface area contributed by atoms with Gasteiger partial charge in [0.25, 0.3) is 5.56 Å². The molecule has 39 heavy (non-hydrogen) atoms. The molecule has 0 bridgehead atoms. The minimum absolute atomic E-state index is 0.103. The number of ether oxygens (including phenoxy) is 4. The summed E-state index contributed by atoms with van der Waals surface area (Å²) in [6.45, 7) is 0. The lowest BCUT2D eigenvalue weighted by molar-refractivity contribution is 0.354. The highest BCUT2D eigenvalue weighted by atomic mass is 32.1. The Balaban J connectivity index is 1.62. The predicted octanol–water partition coefficient (Wildman–Crippen LogP) is 4.35. The Kier molecular flexibility index (Phi) is 6.48. The van der Waals surface area contributed by atoms with E-state index >= 15 is 0 Å². The standard InChI is InChI=1S/C31H28N2O5S/c1-35-21-11-14-24(36-2)20(15-21)17-27-30(34)33-29(19-10-13-25(37-3)26(16-19)38-4)23-12-9-18-7-5-6-8-22(18)28(23)32-31(33)39-27/h5-8,10-11,13-17,29H,9,12H2,1-4H3/b27-17+/t29-/m1/s1. The molecule has 1 atom stereocenters. The van der Waals surface area contributed by atoms with Gasteiger partial charge in [-0.3, -0.25) is 9.36 Å². The number of methoxy groups -OCH3 is 4. The Labute approximate surface area is 229 Å². The van der Waals surface area contributed by atoms with Crippen molar-refractivity contribution in [1.82, 2.24) is 4.57 Å². The lowest BCUT2D eigenvalue weighted by Gasteiger charge is -2.31. The van der Waals surface area contributed by atoms with E-state index in [2.05, 4.69) is 18.2 Å². The van der Waals surface area contributed by atoms with Crippen molar-refractivity contribution in [2.45, 2.75) is 18.9 Å². The fraction of sp³-hybridized carbons (Fsp3) is 0.226. The van der Waals surface area contributed by atoms with Gasteiger partial charge in [-0.1, -0.05) is 41.7 Å². The Bertz CT molecular complexity index is 1800. The number of allylic oxidation sites excluding steroid dienone is 1. The summed E-state index contributed by atoms with van der Waals surface area (Å²) in [6, 6.07) is 19.5. The van der Waals surface area contributed by atoms with E-state index in [0.717, 1.165) is 40.8 Å². The molecule has 0 spiro atoms. The normalized spacial score (nSPS) is 16.1. The molecule has 0 fully saturated rings. The number of aromatic nitrogens is 1. The van der Waals surface area contributed by atoms with E-state index in [1.807, 2.05) is 53.1 Å². The third kappa shape index (κ3) is 4.21. The maximum atomic E-state index is 14.1. The first kappa shape index (κ1) is 25.0. The molecule has 198 valence electrons. The van der Waals surface area contributed by atoms with E-state index in [0.29, 0.717) is 32.3 Å². The third-order valence-electron chi connectivity index (χ3n) is 7.32. The van der Waals surface area contributed by atoms with Crippen LogP contribution in [0.25, 0.3) is 11.8 Å². The average Bonchev–Trinajstić information content (AvgIpc) is 3.29. The number of fused-ring (bicyclic) bond motifs is 3. The van der Waals surface area contributed by atoms with Crippen LogP contribution in [0.2, 0.25) is 0 Å². The van der Waals surface area contributed by atoms with Gasteiger partial charge in [-0.05, 0) is 65.9 Å². The van der Waals surface area contributed by atoms with Gasteiger partial charge in [0.1, 0.15) is 11.5 Å². The molecule has 2 heterocycles. The molecule has 0 saturated heterocycles. The summed E-state index contributed by atoms with van der Waals surface area (Å²) >= 11 is 1.38. The van der Waals surface area contributed by atoms with Crippen molar-refractivity contribution >= 4 is 23.1 Å². The van der Waals surface area contributed by atoms with Crippen molar-refractivity contribution in [1.29, 1.82) is 0 Å². The Morgan fingerprint density at radius 3 is 2.41 bits per heavy atom. The van der Waals surface area contributed by atoms with Gasteiger partial charge in [0.05, 0.1) is 44.7 Å². The van der Waals surface area contributed by atoms with Crippen molar-refractivity contribution in [3.05, 3.63) is 108 Å². The Morgan fingerprint density at radius 1 is 0.872 bits per heavy atom. The molecule has 1 aliphatic carbocycles. The van der Waals surface area contributed by atoms with Crippen molar-refractivity contribution in [3.8, 4) is 23.0 Å². The van der Waals surface area contributed by atoms with Gasteiger partial charge in [-0.2, -0.15) is 0 Å². The van der Waals surface area contributed by atoms with Crippen LogP contribution in [0.15, 0.2) is 76.0 Å². The number of nitrogens with zero attached hydrogens (tertiary/aromatic N) is 2. The van der Waals surface area contributed by atoms with Gasteiger partial charge in [0, 0.05) is 11.1 Å². The van der Waals surface area contributed by atoms with Crippen LogP contribution < -0.4 is 33.8 Å². The van der Waals surface area contributed by atoms with E-state index in [1.165, 1.54) is 16.9 Å². The molecule has 4 aromatic rings. The first-order valence-corrected chi connectivity index (χ1v) is 13.4. The fourth-order valence-electron chi connectivity index (χ4n) is 5.44. The molecule has 2 aliphatic rings. The first-order chi connectivity index (χ1) is 19.1. The zero-order valence-electron chi connectivity index (χ0n) is 22.2. The lowest BCUT2D eigenvalue weighted by atomic mass is 9.83. The Morgan fingerprint density at radius 2 is 1.64 bits per heavy atom. The van der Waals surface area contributed by atoms with Crippen LogP contribution in [-0.2, 0) is 6.42 Å². The van der Waals surface area contributed by atoms with Gasteiger partial charge >= 0.3 is 0 Å². The molecule has 0 saturated carbocycles. The summed E-state index contributed by atoms with van der Waals surface area (Å²) in [5, 5.41) is 0. The number of rotatable bonds is 6. The van der Waals surface area contributed by atoms with Crippen LogP contribution in [0.5, 0.6) is 23.0 Å². The molecule has 3 aromatic carbocycles. The molecule has 0 N–H and O–H groups in total. The summed E-state index contributed by atoms with van der Waals surface area (Å²) in [5.41, 5.74) is 6.07. The molecular formula is C31H28N2O5S. The minimum Gasteiger partial charge on any atom is -0.497 e. The number of hydrogen-bond donors (Lipinski definition) is 0. The molecule has 7 nitrogen and oxygen atoms in total. The molecule has 8 heteroatoms. The molecular weight excluding hydrogens is 512 g/mol. The van der Waals surface area contributed by atoms with Gasteiger partial charge in [-0.15, -0.1) is 0 Å². The Hall–Kier alpha value is -4.30. The van der Waals surface area contributed by atoms with Crippen molar-refractivity contribution in [3.63, 3.8) is 0 Å². The molecule has 0 amide bonds. The summed E-state index contributed by atoms with van der Waals surface area (Å²) in [6.07, 6.45) is 3.55. The third-order valence-corrected chi connectivity index (χ3v) is 8.30. The highest BCUT2D eigenvalue weighted by molar-refractivity contribution is 7.07. The van der Waals surface area contributed by atoms with Crippen LogP contribution in [-0.4, -0.2) is 33.0 Å². The second-order valence-corrected chi connectivity index (χ2v) is 10.3. The van der Waals surface area contributed by atoms with E-state index in [9.17, 15) is 4.79 Å². The van der Waals surface area contributed by atoms with Gasteiger partial charge in [0.15, 0.2) is 16.3 Å². The van der Waals surface area contributed by atoms with Crippen LogP contribution >= 0.6 is 11.3 Å². The van der Waals surface area contributed by atoms with Crippen LogP contribution in [0, 0.1) is 0 Å².